The summed E-state index contributed by atoms with van der Waals surface area (Å²) >= 11 is 0. The SMILES string of the molecule is CCCCC(Cc1c[nH]c2ccccc12)NC(=O)c1cnc(N2CCN(CCOC)CC2)o1. The number of unbranched alkanes of at least 4 members (excludes halogenated alkanes) is 1. The number of hydrogen-bond donors (Lipinski definition) is 2. The number of hydrogen-bond acceptors (Lipinski definition) is 6. The van der Waals surface area contributed by atoms with Crippen molar-refractivity contribution >= 4 is 22.8 Å². The van der Waals surface area contributed by atoms with Crippen molar-refractivity contribution in [2.75, 3.05) is 51.3 Å². The molecule has 1 saturated heterocycles. The molecule has 0 bridgehead atoms. The Morgan fingerprint density at radius 3 is 2.88 bits per heavy atom. The Morgan fingerprint density at radius 2 is 2.09 bits per heavy atom. The summed E-state index contributed by atoms with van der Waals surface area (Å²) < 4.78 is 11.0. The maximum atomic E-state index is 13.0. The molecule has 4 rings (SSSR count). The molecule has 178 valence electrons. The molecule has 0 radical (unpaired) electrons. The second-order valence-electron chi connectivity index (χ2n) is 8.70. The van der Waals surface area contributed by atoms with Gasteiger partial charge in [0.05, 0.1) is 12.8 Å². The van der Waals surface area contributed by atoms with Crippen molar-refractivity contribution in [1.82, 2.24) is 20.2 Å². The van der Waals surface area contributed by atoms with Gasteiger partial charge in [0, 0.05) is 63.0 Å². The first kappa shape index (κ1) is 23.3. The van der Waals surface area contributed by atoms with Crippen molar-refractivity contribution in [2.45, 2.75) is 38.6 Å². The molecule has 8 heteroatoms. The van der Waals surface area contributed by atoms with Crippen LogP contribution in [0.4, 0.5) is 6.01 Å². The number of amides is 1. The molecule has 0 saturated carbocycles. The Hall–Kier alpha value is -2.84. The summed E-state index contributed by atoms with van der Waals surface area (Å²) in [5, 5.41) is 4.40. The topological polar surface area (TPSA) is 86.6 Å². The molecule has 8 nitrogen and oxygen atoms in total. The van der Waals surface area contributed by atoms with Gasteiger partial charge in [0.2, 0.25) is 5.76 Å². The van der Waals surface area contributed by atoms with Crippen LogP contribution in [0, 0.1) is 0 Å². The highest BCUT2D eigenvalue weighted by Crippen LogP contribution is 2.21. The molecular formula is C25H35N5O3. The minimum atomic E-state index is -0.201. The number of ether oxygens (including phenoxy) is 1. The maximum Gasteiger partial charge on any atom is 0.298 e. The lowest BCUT2D eigenvalue weighted by molar-refractivity contribution is 0.0906. The number of anilines is 1. The highest BCUT2D eigenvalue weighted by atomic mass is 16.5. The van der Waals surface area contributed by atoms with Gasteiger partial charge in [-0.25, -0.2) is 4.98 Å². The lowest BCUT2D eigenvalue weighted by Crippen LogP contribution is -2.47. The number of carbonyl (C=O) groups excluding carboxylic acids is 1. The number of aromatic nitrogens is 2. The zero-order chi connectivity index (χ0) is 23.0. The van der Waals surface area contributed by atoms with Crippen LogP contribution in [0.5, 0.6) is 0 Å². The van der Waals surface area contributed by atoms with Crippen molar-refractivity contribution in [3.63, 3.8) is 0 Å². The van der Waals surface area contributed by atoms with Crippen LogP contribution in [-0.2, 0) is 11.2 Å². The van der Waals surface area contributed by atoms with E-state index in [1.54, 1.807) is 13.3 Å². The number of fused-ring (bicyclic) bond motifs is 1. The number of piperazine rings is 1. The number of nitrogens with one attached hydrogen (secondary N) is 2. The summed E-state index contributed by atoms with van der Waals surface area (Å²) in [4.78, 5) is 25.2. The summed E-state index contributed by atoms with van der Waals surface area (Å²) in [6, 6.07) is 8.83. The van der Waals surface area contributed by atoms with Gasteiger partial charge < -0.3 is 24.4 Å². The third-order valence-corrected chi connectivity index (χ3v) is 6.35. The summed E-state index contributed by atoms with van der Waals surface area (Å²) in [6.45, 7) is 7.34. The van der Waals surface area contributed by atoms with Crippen LogP contribution in [0.15, 0.2) is 41.1 Å². The van der Waals surface area contributed by atoms with Crippen LogP contribution in [0.1, 0.15) is 42.3 Å². The van der Waals surface area contributed by atoms with E-state index in [9.17, 15) is 4.79 Å². The fraction of sp³-hybridized carbons (Fsp3) is 0.520. The van der Waals surface area contributed by atoms with Crippen molar-refractivity contribution in [1.29, 1.82) is 0 Å². The monoisotopic (exact) mass is 453 g/mol. The Kier molecular flexibility index (Phi) is 8.01. The normalized spacial score (nSPS) is 15.8. The summed E-state index contributed by atoms with van der Waals surface area (Å²) in [5.74, 6) is 0.0701. The van der Waals surface area contributed by atoms with Gasteiger partial charge in [-0.2, -0.15) is 0 Å². The number of nitrogens with zero attached hydrogens (tertiary/aromatic N) is 3. The zero-order valence-electron chi connectivity index (χ0n) is 19.7. The van der Waals surface area contributed by atoms with Crippen molar-refractivity contribution in [3.05, 3.63) is 48.0 Å². The average molecular weight is 454 g/mol. The summed E-state index contributed by atoms with van der Waals surface area (Å²) in [5.41, 5.74) is 2.34. The molecular weight excluding hydrogens is 418 g/mol. The lowest BCUT2D eigenvalue weighted by atomic mass is 10.0. The molecule has 1 aromatic carbocycles. The zero-order valence-corrected chi connectivity index (χ0v) is 19.7. The first-order chi connectivity index (χ1) is 16.2. The smallest absolute Gasteiger partial charge is 0.298 e. The van der Waals surface area contributed by atoms with Crippen LogP contribution >= 0.6 is 0 Å². The summed E-state index contributed by atoms with van der Waals surface area (Å²) in [6.07, 6.45) is 7.44. The highest BCUT2D eigenvalue weighted by molar-refractivity contribution is 5.91. The van der Waals surface area contributed by atoms with Gasteiger partial charge >= 0.3 is 0 Å². The number of para-hydroxylation sites is 1. The number of H-pyrrole nitrogens is 1. The highest BCUT2D eigenvalue weighted by Gasteiger charge is 2.23. The minimum absolute atomic E-state index is 0.0366. The predicted molar refractivity (Wildman–Crippen MR) is 130 cm³/mol. The summed E-state index contributed by atoms with van der Waals surface area (Å²) in [7, 11) is 1.73. The first-order valence-electron chi connectivity index (χ1n) is 12.0. The molecule has 1 amide bonds. The van der Waals surface area contributed by atoms with E-state index in [0.717, 1.165) is 70.5 Å². The van der Waals surface area contributed by atoms with E-state index in [1.807, 2.05) is 12.1 Å². The van der Waals surface area contributed by atoms with Gasteiger partial charge in [-0.1, -0.05) is 38.0 Å². The average Bonchev–Trinajstić information content (AvgIpc) is 3.50. The van der Waals surface area contributed by atoms with Crippen molar-refractivity contribution < 1.29 is 13.9 Å². The largest absolute Gasteiger partial charge is 0.418 e. The van der Waals surface area contributed by atoms with E-state index in [2.05, 4.69) is 50.3 Å². The van der Waals surface area contributed by atoms with E-state index in [1.165, 1.54) is 10.9 Å². The third kappa shape index (κ3) is 5.94. The maximum absolute atomic E-state index is 13.0. The molecule has 1 unspecified atom stereocenters. The molecule has 3 aromatic rings. The van der Waals surface area contributed by atoms with E-state index < -0.39 is 0 Å². The van der Waals surface area contributed by atoms with Crippen LogP contribution in [0.25, 0.3) is 10.9 Å². The Labute approximate surface area is 195 Å². The standard InChI is InChI=1S/C25H35N5O3/c1-3-4-7-20(16-19-17-26-22-9-6-5-8-21(19)22)28-24(31)23-18-27-25(33-23)30-12-10-29(11-13-30)14-15-32-2/h5-6,8-9,17-18,20,26H,3-4,7,10-16H2,1-2H3,(H,28,31). The molecule has 3 heterocycles. The quantitative estimate of drug-likeness (QED) is 0.462. The van der Waals surface area contributed by atoms with Gasteiger partial charge in [-0.15, -0.1) is 0 Å². The van der Waals surface area contributed by atoms with Gasteiger partial charge in [0.15, 0.2) is 0 Å². The number of carbonyl (C=O) groups is 1. The van der Waals surface area contributed by atoms with Crippen LogP contribution in [0.3, 0.4) is 0 Å². The second kappa shape index (κ2) is 11.3. The molecule has 0 aliphatic carbocycles. The molecule has 1 aliphatic heterocycles. The van der Waals surface area contributed by atoms with E-state index >= 15 is 0 Å². The molecule has 2 N–H and O–H groups in total. The number of benzene rings is 1. The van der Waals surface area contributed by atoms with Crippen molar-refractivity contribution in [2.24, 2.45) is 0 Å². The molecule has 1 aliphatic rings. The van der Waals surface area contributed by atoms with Gasteiger partial charge in [-0.3, -0.25) is 9.69 Å². The second-order valence-corrected chi connectivity index (χ2v) is 8.70. The van der Waals surface area contributed by atoms with Gasteiger partial charge in [0.25, 0.3) is 11.9 Å². The predicted octanol–water partition coefficient (Wildman–Crippen LogP) is 3.46. The van der Waals surface area contributed by atoms with Crippen LogP contribution in [-0.4, -0.2) is 73.3 Å². The van der Waals surface area contributed by atoms with Crippen LogP contribution in [0.2, 0.25) is 0 Å². The number of oxazole rings is 1. The van der Waals surface area contributed by atoms with E-state index in [0.29, 0.717) is 6.01 Å². The number of aromatic amines is 1. The third-order valence-electron chi connectivity index (χ3n) is 6.35. The lowest BCUT2D eigenvalue weighted by Gasteiger charge is -2.33. The van der Waals surface area contributed by atoms with E-state index in [-0.39, 0.29) is 17.7 Å². The Morgan fingerprint density at radius 1 is 1.27 bits per heavy atom. The van der Waals surface area contributed by atoms with E-state index in [4.69, 9.17) is 9.15 Å². The molecule has 1 atom stereocenters. The molecule has 33 heavy (non-hydrogen) atoms. The first-order valence-corrected chi connectivity index (χ1v) is 12.0. The number of methoxy groups -OCH3 is 1. The van der Waals surface area contributed by atoms with Gasteiger partial charge in [0.1, 0.15) is 0 Å². The molecule has 1 fully saturated rings. The number of rotatable bonds is 11. The fourth-order valence-corrected chi connectivity index (χ4v) is 4.40. The minimum Gasteiger partial charge on any atom is -0.418 e. The molecule has 2 aromatic heterocycles. The Bertz CT molecular complexity index is 1020. The molecule has 0 spiro atoms. The van der Waals surface area contributed by atoms with Gasteiger partial charge in [-0.05, 0) is 24.5 Å². The van der Waals surface area contributed by atoms with Crippen LogP contribution < -0.4 is 10.2 Å². The van der Waals surface area contributed by atoms with Crippen molar-refractivity contribution in [3.8, 4) is 0 Å². The fourth-order valence-electron chi connectivity index (χ4n) is 4.40. The Balaban J connectivity index is 1.37.